The minimum absolute atomic E-state index is 0.367. The lowest BCUT2D eigenvalue weighted by atomic mass is 9.88. The Bertz CT molecular complexity index is 1090. The van der Waals surface area contributed by atoms with Gasteiger partial charge >= 0.3 is 0 Å². The molecule has 0 atom stereocenters. The first-order chi connectivity index (χ1) is 12.3. The van der Waals surface area contributed by atoms with Crippen molar-refractivity contribution in [2.45, 2.75) is 25.7 Å². The van der Waals surface area contributed by atoms with E-state index in [1.54, 1.807) is 6.07 Å². The van der Waals surface area contributed by atoms with E-state index in [0.29, 0.717) is 5.75 Å². The minimum atomic E-state index is 0.367. The zero-order valence-corrected chi connectivity index (χ0v) is 14.1. The molecule has 4 aromatic rings. The number of aromatic hydroxyl groups is 1. The van der Waals surface area contributed by atoms with Crippen molar-refractivity contribution in [3.63, 3.8) is 0 Å². The average Bonchev–Trinajstić information content (AvgIpc) is 2.64. The molecule has 0 aromatic heterocycles. The normalized spacial score (nSPS) is 13.9. The number of hydrogen-bond acceptors (Lipinski definition) is 1. The van der Waals surface area contributed by atoms with Crippen molar-refractivity contribution in [3.8, 4) is 5.75 Å². The fourth-order valence-corrected chi connectivity index (χ4v) is 4.19. The average molecular weight is 324 g/mol. The number of phenolic OH excluding ortho intramolecular Hbond substituents is 1. The molecular weight excluding hydrogens is 304 g/mol. The molecule has 4 aliphatic rings. The molecule has 0 radical (unpaired) electrons. The number of aryl methyl sites for hydroxylation is 4. The predicted molar refractivity (Wildman–Crippen MR) is 104 cm³/mol. The van der Waals surface area contributed by atoms with Crippen LogP contribution in [0.3, 0.4) is 0 Å². The van der Waals surface area contributed by atoms with Crippen molar-refractivity contribution in [2.75, 3.05) is 0 Å². The Morgan fingerprint density at radius 2 is 1.16 bits per heavy atom. The molecule has 122 valence electrons. The van der Waals surface area contributed by atoms with Crippen LogP contribution in [0.25, 0.3) is 21.5 Å². The Hall–Kier alpha value is -2.80. The maximum Gasteiger partial charge on any atom is 0.123 e. The lowest BCUT2D eigenvalue weighted by molar-refractivity contribution is 0.481. The van der Waals surface area contributed by atoms with Crippen molar-refractivity contribution in [1.29, 1.82) is 0 Å². The summed E-state index contributed by atoms with van der Waals surface area (Å²) in [6.07, 6.45) is 4.17. The van der Waals surface area contributed by atoms with Gasteiger partial charge in [0, 0.05) is 5.39 Å². The topological polar surface area (TPSA) is 20.2 Å². The molecule has 1 N–H and O–H groups in total. The van der Waals surface area contributed by atoms with Crippen LogP contribution in [0.15, 0.2) is 66.7 Å². The number of fused-ring (bicyclic) bond motifs is 1. The van der Waals surface area contributed by atoms with E-state index in [0.717, 1.165) is 31.1 Å². The first kappa shape index (κ1) is 14.5. The summed E-state index contributed by atoms with van der Waals surface area (Å²) in [5.41, 5.74) is 5.57. The molecular formula is C24H20O. The largest absolute Gasteiger partial charge is 0.507 e. The summed E-state index contributed by atoms with van der Waals surface area (Å²) in [5.74, 6) is 0.367. The van der Waals surface area contributed by atoms with Crippen LogP contribution in [0.5, 0.6) is 5.75 Å². The van der Waals surface area contributed by atoms with Gasteiger partial charge in [-0.25, -0.2) is 0 Å². The second kappa shape index (κ2) is 5.63. The summed E-state index contributed by atoms with van der Waals surface area (Å²) in [5, 5.41) is 15.1. The van der Waals surface area contributed by atoms with Crippen molar-refractivity contribution >= 4 is 21.5 Å². The van der Waals surface area contributed by atoms with E-state index >= 15 is 0 Å². The summed E-state index contributed by atoms with van der Waals surface area (Å²) < 4.78 is 0. The van der Waals surface area contributed by atoms with Crippen LogP contribution in [-0.4, -0.2) is 5.11 Å². The highest BCUT2D eigenvalue weighted by Crippen LogP contribution is 2.35. The first-order valence-corrected chi connectivity index (χ1v) is 9.02. The lowest BCUT2D eigenvalue weighted by Crippen LogP contribution is -2.00. The molecule has 8 rings (SSSR count). The van der Waals surface area contributed by atoms with Gasteiger partial charge in [0.2, 0.25) is 0 Å². The highest BCUT2D eigenvalue weighted by molar-refractivity contribution is 6.11. The van der Waals surface area contributed by atoms with Crippen molar-refractivity contribution in [3.05, 3.63) is 89.0 Å². The molecule has 25 heavy (non-hydrogen) atoms. The van der Waals surface area contributed by atoms with Crippen LogP contribution in [0.1, 0.15) is 22.3 Å². The van der Waals surface area contributed by atoms with Gasteiger partial charge in [0.25, 0.3) is 0 Å². The van der Waals surface area contributed by atoms with Gasteiger partial charge in [0.05, 0.1) is 0 Å². The van der Waals surface area contributed by atoms with E-state index in [-0.39, 0.29) is 0 Å². The van der Waals surface area contributed by atoms with Crippen LogP contribution in [-0.2, 0) is 25.7 Å². The molecule has 0 saturated heterocycles. The molecule has 4 bridgehead atoms. The zero-order chi connectivity index (χ0) is 16.8. The highest BCUT2D eigenvalue weighted by Gasteiger charge is 2.13. The molecule has 1 nitrogen and oxygen atoms in total. The summed E-state index contributed by atoms with van der Waals surface area (Å²) in [6, 6.07) is 23.8. The fraction of sp³-hybridized carbons (Fsp3) is 0.167. The van der Waals surface area contributed by atoms with Gasteiger partial charge in [-0.3, -0.25) is 0 Å². The van der Waals surface area contributed by atoms with Crippen molar-refractivity contribution in [2.24, 2.45) is 0 Å². The third kappa shape index (κ3) is 2.39. The molecule has 1 heteroatoms. The Balaban J connectivity index is 1.81. The van der Waals surface area contributed by atoms with Crippen LogP contribution in [0.4, 0.5) is 0 Å². The molecule has 0 saturated carbocycles. The van der Waals surface area contributed by atoms with Gasteiger partial charge in [0.1, 0.15) is 5.75 Å². The van der Waals surface area contributed by atoms with E-state index in [1.807, 2.05) is 6.07 Å². The van der Waals surface area contributed by atoms with Gasteiger partial charge in [-0.15, -0.1) is 0 Å². The summed E-state index contributed by atoms with van der Waals surface area (Å²) >= 11 is 0. The second-order valence-electron chi connectivity index (χ2n) is 7.06. The molecule has 4 aliphatic carbocycles. The lowest BCUT2D eigenvalue weighted by Gasteiger charge is -2.16. The Kier molecular flexibility index (Phi) is 3.27. The van der Waals surface area contributed by atoms with Crippen LogP contribution in [0, 0.1) is 0 Å². The van der Waals surface area contributed by atoms with E-state index in [4.69, 9.17) is 0 Å². The quantitative estimate of drug-likeness (QED) is 0.418. The van der Waals surface area contributed by atoms with Crippen LogP contribution < -0.4 is 0 Å². The number of phenols is 1. The highest BCUT2D eigenvalue weighted by atomic mass is 16.3. The summed E-state index contributed by atoms with van der Waals surface area (Å²) in [6.45, 7) is 0. The standard InChI is InChI=1S/C24H20O/c25-23-3-1-2-22-21(23)15-14-20-18-10-8-16-4-6-17(7-5-16)9-11-19(13-12-18)24(20)22/h1-7,12-15,25H,8-11H2. The molecule has 0 amide bonds. The van der Waals surface area contributed by atoms with Crippen molar-refractivity contribution in [1.82, 2.24) is 0 Å². The van der Waals surface area contributed by atoms with Gasteiger partial charge < -0.3 is 5.11 Å². The van der Waals surface area contributed by atoms with E-state index < -0.39 is 0 Å². The van der Waals surface area contributed by atoms with Gasteiger partial charge in [-0.1, -0.05) is 60.7 Å². The SMILES string of the molecule is Oc1cccc2c1ccc1c3ccc(c12)CCc1ccc(cc1)CC3. The third-order valence-electron chi connectivity index (χ3n) is 5.58. The molecule has 0 fully saturated rings. The second-order valence-corrected chi connectivity index (χ2v) is 7.06. The van der Waals surface area contributed by atoms with E-state index in [1.165, 1.54) is 38.4 Å². The molecule has 0 spiro atoms. The monoisotopic (exact) mass is 324 g/mol. The van der Waals surface area contributed by atoms with Gasteiger partial charge in [-0.05, 0) is 70.2 Å². The minimum Gasteiger partial charge on any atom is -0.507 e. The van der Waals surface area contributed by atoms with Gasteiger partial charge in [-0.2, -0.15) is 0 Å². The zero-order valence-electron chi connectivity index (χ0n) is 14.1. The smallest absolute Gasteiger partial charge is 0.123 e. The molecule has 0 aliphatic heterocycles. The Morgan fingerprint density at radius 1 is 0.520 bits per heavy atom. The number of hydrogen-bond donors (Lipinski definition) is 1. The fourth-order valence-electron chi connectivity index (χ4n) is 4.19. The van der Waals surface area contributed by atoms with Crippen LogP contribution >= 0.6 is 0 Å². The van der Waals surface area contributed by atoms with Crippen LogP contribution in [0.2, 0.25) is 0 Å². The summed E-state index contributed by atoms with van der Waals surface area (Å²) in [7, 11) is 0. The summed E-state index contributed by atoms with van der Waals surface area (Å²) in [4.78, 5) is 0. The number of rotatable bonds is 0. The van der Waals surface area contributed by atoms with E-state index in [2.05, 4.69) is 54.6 Å². The maximum absolute atomic E-state index is 10.3. The molecule has 0 unspecified atom stereocenters. The Morgan fingerprint density at radius 3 is 1.92 bits per heavy atom. The Labute approximate surface area is 147 Å². The van der Waals surface area contributed by atoms with E-state index in [9.17, 15) is 5.11 Å². The maximum atomic E-state index is 10.3. The molecule has 4 aromatic carbocycles. The number of benzene rings is 4. The predicted octanol–water partition coefficient (Wildman–Crippen LogP) is 5.58. The third-order valence-corrected chi connectivity index (χ3v) is 5.58. The van der Waals surface area contributed by atoms with Gasteiger partial charge in [0.15, 0.2) is 0 Å². The first-order valence-electron chi connectivity index (χ1n) is 9.02. The van der Waals surface area contributed by atoms with Crippen molar-refractivity contribution < 1.29 is 5.11 Å². The molecule has 0 heterocycles.